The van der Waals surface area contributed by atoms with Crippen molar-refractivity contribution in [1.82, 2.24) is 9.55 Å². The van der Waals surface area contributed by atoms with Crippen LogP contribution in [-0.2, 0) is 7.05 Å². The minimum atomic E-state index is 0.524. The molecule has 2 N–H and O–H groups in total. The van der Waals surface area contributed by atoms with Gasteiger partial charge in [-0.05, 0) is 30.3 Å². The van der Waals surface area contributed by atoms with Gasteiger partial charge in [-0.2, -0.15) is 0 Å². The number of nitrogens with zero attached hydrogens (tertiary/aromatic N) is 2. The van der Waals surface area contributed by atoms with Gasteiger partial charge in [0, 0.05) is 12.6 Å². The molecule has 19 heavy (non-hydrogen) atoms. The van der Waals surface area contributed by atoms with Gasteiger partial charge in [-0.25, -0.2) is 4.98 Å². The molecule has 0 saturated heterocycles. The van der Waals surface area contributed by atoms with E-state index in [2.05, 4.69) is 4.98 Å². The molecule has 3 rings (SSSR count). The van der Waals surface area contributed by atoms with Crippen molar-refractivity contribution in [2.75, 3.05) is 5.73 Å². The fraction of sp³-hybridized carbons (Fsp3) is 0.0714. The molecule has 0 aliphatic rings. The van der Waals surface area contributed by atoms with Crippen LogP contribution >= 0.6 is 23.2 Å². The van der Waals surface area contributed by atoms with Crippen molar-refractivity contribution in [3.63, 3.8) is 0 Å². The Bertz CT molecular complexity index is 778. The molecular formula is C14H11Cl2N3. The lowest BCUT2D eigenvalue weighted by molar-refractivity contribution is 0.959. The van der Waals surface area contributed by atoms with Gasteiger partial charge in [0.2, 0.25) is 0 Å². The van der Waals surface area contributed by atoms with Gasteiger partial charge in [0.15, 0.2) is 0 Å². The average Bonchev–Trinajstić information content (AvgIpc) is 2.72. The second-order valence-corrected chi connectivity index (χ2v) is 5.15. The lowest BCUT2D eigenvalue weighted by Crippen LogP contribution is -1.94. The highest BCUT2D eigenvalue weighted by Crippen LogP contribution is 2.31. The number of fused-ring (bicyclic) bond motifs is 1. The summed E-state index contributed by atoms with van der Waals surface area (Å²) in [6, 6.07) is 11.2. The summed E-state index contributed by atoms with van der Waals surface area (Å²) >= 11 is 12.3. The van der Waals surface area contributed by atoms with Gasteiger partial charge in [-0.3, -0.25) is 0 Å². The molecule has 3 nitrogen and oxygen atoms in total. The summed E-state index contributed by atoms with van der Waals surface area (Å²) in [6.07, 6.45) is 0. The van der Waals surface area contributed by atoms with Crippen molar-refractivity contribution in [2.24, 2.45) is 7.05 Å². The molecule has 96 valence electrons. The van der Waals surface area contributed by atoms with Crippen LogP contribution in [0.3, 0.4) is 0 Å². The van der Waals surface area contributed by atoms with Gasteiger partial charge >= 0.3 is 0 Å². The number of anilines is 1. The molecule has 0 fully saturated rings. The van der Waals surface area contributed by atoms with E-state index in [4.69, 9.17) is 28.9 Å². The lowest BCUT2D eigenvalue weighted by atomic mass is 10.2. The summed E-state index contributed by atoms with van der Waals surface area (Å²) in [5.41, 5.74) is 8.96. The Balaban J connectivity index is 2.28. The predicted octanol–water partition coefficient (Wildman–Crippen LogP) is 4.13. The molecule has 0 unspecified atom stereocenters. The third-order valence-corrected chi connectivity index (χ3v) is 3.74. The topological polar surface area (TPSA) is 43.8 Å². The monoisotopic (exact) mass is 291 g/mol. The molecule has 1 heterocycles. The first-order valence-corrected chi connectivity index (χ1v) is 6.50. The SMILES string of the molecule is Cn1c(-c2ccc(N)c(Cl)c2)nc2cccc(Cl)c21. The van der Waals surface area contributed by atoms with E-state index < -0.39 is 0 Å². The van der Waals surface area contributed by atoms with E-state index in [-0.39, 0.29) is 0 Å². The highest BCUT2D eigenvalue weighted by molar-refractivity contribution is 6.35. The summed E-state index contributed by atoms with van der Waals surface area (Å²) in [7, 11) is 1.93. The smallest absolute Gasteiger partial charge is 0.140 e. The van der Waals surface area contributed by atoms with E-state index >= 15 is 0 Å². The molecule has 0 saturated carbocycles. The second kappa shape index (κ2) is 4.44. The Hall–Kier alpha value is -1.71. The number of hydrogen-bond donors (Lipinski definition) is 1. The Morgan fingerprint density at radius 2 is 1.89 bits per heavy atom. The van der Waals surface area contributed by atoms with Crippen LogP contribution in [-0.4, -0.2) is 9.55 Å². The zero-order chi connectivity index (χ0) is 13.6. The van der Waals surface area contributed by atoms with Crippen LogP contribution in [0.15, 0.2) is 36.4 Å². The van der Waals surface area contributed by atoms with Gasteiger partial charge in [-0.15, -0.1) is 0 Å². The number of aryl methyl sites for hydroxylation is 1. The molecule has 0 atom stereocenters. The molecule has 2 aromatic carbocycles. The fourth-order valence-electron chi connectivity index (χ4n) is 2.15. The van der Waals surface area contributed by atoms with Gasteiger partial charge in [0.1, 0.15) is 5.82 Å². The van der Waals surface area contributed by atoms with Gasteiger partial charge < -0.3 is 10.3 Å². The fourth-order valence-corrected chi connectivity index (χ4v) is 2.62. The zero-order valence-corrected chi connectivity index (χ0v) is 11.7. The van der Waals surface area contributed by atoms with Crippen molar-refractivity contribution in [3.8, 4) is 11.4 Å². The van der Waals surface area contributed by atoms with Crippen molar-refractivity contribution in [2.45, 2.75) is 0 Å². The Morgan fingerprint density at radius 1 is 1.11 bits per heavy atom. The van der Waals surface area contributed by atoms with Crippen LogP contribution in [0.4, 0.5) is 5.69 Å². The summed E-state index contributed by atoms with van der Waals surface area (Å²) in [5, 5.41) is 1.20. The third-order valence-electron chi connectivity index (χ3n) is 3.10. The van der Waals surface area contributed by atoms with E-state index in [1.54, 1.807) is 6.07 Å². The highest BCUT2D eigenvalue weighted by Gasteiger charge is 2.12. The molecule has 1 aromatic heterocycles. The summed E-state index contributed by atoms with van der Waals surface area (Å²) in [4.78, 5) is 4.59. The number of rotatable bonds is 1. The second-order valence-electron chi connectivity index (χ2n) is 4.34. The molecule has 5 heteroatoms. The molecular weight excluding hydrogens is 281 g/mol. The molecule has 0 spiro atoms. The van der Waals surface area contributed by atoms with E-state index in [1.165, 1.54) is 0 Å². The number of hydrogen-bond acceptors (Lipinski definition) is 2. The Morgan fingerprint density at radius 3 is 2.58 bits per heavy atom. The zero-order valence-electron chi connectivity index (χ0n) is 10.2. The number of aromatic nitrogens is 2. The largest absolute Gasteiger partial charge is 0.398 e. The predicted molar refractivity (Wildman–Crippen MR) is 80.6 cm³/mol. The van der Waals surface area contributed by atoms with Crippen LogP contribution in [0.1, 0.15) is 0 Å². The molecule has 0 amide bonds. The number of halogens is 2. The van der Waals surface area contributed by atoms with E-state index in [0.717, 1.165) is 22.4 Å². The maximum atomic E-state index is 6.21. The van der Waals surface area contributed by atoms with Crippen LogP contribution in [0, 0.1) is 0 Å². The van der Waals surface area contributed by atoms with Crippen LogP contribution < -0.4 is 5.73 Å². The first-order chi connectivity index (χ1) is 9.08. The Kier molecular flexibility index (Phi) is 2.88. The summed E-state index contributed by atoms with van der Waals surface area (Å²) in [6.45, 7) is 0. The summed E-state index contributed by atoms with van der Waals surface area (Å²) < 4.78 is 1.96. The van der Waals surface area contributed by atoms with Crippen molar-refractivity contribution in [3.05, 3.63) is 46.4 Å². The molecule has 0 aliphatic carbocycles. The van der Waals surface area contributed by atoms with Gasteiger partial charge in [0.05, 0.1) is 26.8 Å². The van der Waals surface area contributed by atoms with E-state index in [1.807, 2.05) is 41.9 Å². The standard InChI is InChI=1S/C14H11Cl2N3/c1-19-13-9(15)3-2-4-12(13)18-14(19)8-5-6-11(17)10(16)7-8/h2-7H,17H2,1H3. The first kappa shape index (κ1) is 12.3. The number of nitrogen functional groups attached to an aromatic ring is 1. The maximum absolute atomic E-state index is 6.21. The molecule has 0 bridgehead atoms. The minimum Gasteiger partial charge on any atom is -0.398 e. The van der Waals surface area contributed by atoms with Crippen LogP contribution in [0.2, 0.25) is 10.0 Å². The van der Waals surface area contributed by atoms with Crippen molar-refractivity contribution < 1.29 is 0 Å². The molecule has 0 aliphatic heterocycles. The average molecular weight is 292 g/mol. The summed E-state index contributed by atoms with van der Waals surface area (Å²) in [5.74, 6) is 0.810. The number of para-hydroxylation sites is 1. The molecule has 3 aromatic rings. The number of nitrogens with two attached hydrogens (primary N) is 1. The third kappa shape index (κ3) is 1.95. The van der Waals surface area contributed by atoms with E-state index in [0.29, 0.717) is 15.7 Å². The Labute approximate surface area is 120 Å². The first-order valence-electron chi connectivity index (χ1n) is 5.74. The minimum absolute atomic E-state index is 0.524. The number of benzene rings is 2. The van der Waals surface area contributed by atoms with Crippen LogP contribution in [0.5, 0.6) is 0 Å². The van der Waals surface area contributed by atoms with Gasteiger partial charge in [0.25, 0.3) is 0 Å². The molecule has 0 radical (unpaired) electrons. The number of imidazole rings is 1. The lowest BCUT2D eigenvalue weighted by Gasteiger charge is -2.05. The van der Waals surface area contributed by atoms with E-state index in [9.17, 15) is 0 Å². The van der Waals surface area contributed by atoms with Crippen molar-refractivity contribution >= 4 is 39.9 Å². The normalized spacial score (nSPS) is 11.1. The maximum Gasteiger partial charge on any atom is 0.140 e. The quantitative estimate of drug-likeness (QED) is 0.685. The van der Waals surface area contributed by atoms with Crippen LogP contribution in [0.25, 0.3) is 22.4 Å². The van der Waals surface area contributed by atoms with Gasteiger partial charge in [-0.1, -0.05) is 29.3 Å². The highest BCUT2D eigenvalue weighted by atomic mass is 35.5. The van der Waals surface area contributed by atoms with Crippen molar-refractivity contribution in [1.29, 1.82) is 0 Å².